The van der Waals surface area contributed by atoms with Gasteiger partial charge in [0.1, 0.15) is 0 Å². The molecule has 28 heavy (non-hydrogen) atoms. The fraction of sp³-hybridized carbons (Fsp3) is 0.250. The standard InChI is InChI=1S/C24H27N3O/c1-18-22(14-15-23(26-18)20-12-8-5-9-13-20)24(28)25-17-21(27(2)3)16-19-10-6-4-7-11-19/h4-15,21H,16-17H2,1-3H3,(H,25,28). The number of hydrogen-bond donors (Lipinski definition) is 1. The Morgan fingerprint density at radius 2 is 1.61 bits per heavy atom. The van der Waals surface area contributed by atoms with Crippen molar-refractivity contribution in [1.82, 2.24) is 15.2 Å². The molecule has 1 N–H and O–H groups in total. The minimum absolute atomic E-state index is 0.0791. The van der Waals surface area contributed by atoms with Crippen molar-refractivity contribution < 1.29 is 4.79 Å². The van der Waals surface area contributed by atoms with Crippen molar-refractivity contribution in [3.05, 3.63) is 89.6 Å². The van der Waals surface area contributed by atoms with E-state index in [1.54, 1.807) is 0 Å². The number of aromatic nitrogens is 1. The van der Waals surface area contributed by atoms with Crippen molar-refractivity contribution in [3.8, 4) is 11.3 Å². The highest BCUT2D eigenvalue weighted by atomic mass is 16.1. The number of nitrogens with zero attached hydrogens (tertiary/aromatic N) is 2. The molecule has 1 aromatic heterocycles. The van der Waals surface area contributed by atoms with E-state index in [1.807, 2.05) is 81.7 Å². The molecule has 0 aliphatic carbocycles. The molecule has 0 bridgehead atoms. The lowest BCUT2D eigenvalue weighted by Gasteiger charge is -2.25. The average molecular weight is 374 g/mol. The molecule has 144 valence electrons. The van der Waals surface area contributed by atoms with Crippen LogP contribution >= 0.6 is 0 Å². The van der Waals surface area contributed by atoms with E-state index in [4.69, 9.17) is 0 Å². The molecule has 0 spiro atoms. The molecule has 3 aromatic rings. The number of nitrogens with one attached hydrogen (secondary N) is 1. The third kappa shape index (κ3) is 5.05. The van der Waals surface area contributed by atoms with Crippen LogP contribution in [0.2, 0.25) is 0 Å². The van der Waals surface area contributed by atoms with Gasteiger partial charge in [-0.3, -0.25) is 9.78 Å². The molecule has 0 aliphatic rings. The summed E-state index contributed by atoms with van der Waals surface area (Å²) < 4.78 is 0. The molecule has 0 radical (unpaired) electrons. The molecule has 0 aliphatic heterocycles. The molecule has 4 heteroatoms. The predicted molar refractivity (Wildman–Crippen MR) is 114 cm³/mol. The lowest BCUT2D eigenvalue weighted by atomic mass is 10.0. The monoisotopic (exact) mass is 373 g/mol. The maximum Gasteiger partial charge on any atom is 0.253 e. The van der Waals surface area contributed by atoms with E-state index in [9.17, 15) is 4.79 Å². The van der Waals surface area contributed by atoms with Gasteiger partial charge in [-0.15, -0.1) is 0 Å². The van der Waals surface area contributed by atoms with Crippen LogP contribution in [0.1, 0.15) is 21.6 Å². The topological polar surface area (TPSA) is 45.2 Å². The fourth-order valence-electron chi connectivity index (χ4n) is 3.20. The second kappa shape index (κ2) is 9.29. The number of aryl methyl sites for hydroxylation is 1. The highest BCUT2D eigenvalue weighted by molar-refractivity contribution is 5.95. The maximum atomic E-state index is 12.7. The fourth-order valence-corrected chi connectivity index (χ4v) is 3.20. The summed E-state index contributed by atoms with van der Waals surface area (Å²) in [4.78, 5) is 19.5. The Labute approximate surface area is 167 Å². The van der Waals surface area contributed by atoms with E-state index >= 15 is 0 Å². The van der Waals surface area contributed by atoms with Gasteiger partial charge >= 0.3 is 0 Å². The molecule has 1 atom stereocenters. The van der Waals surface area contributed by atoms with E-state index in [-0.39, 0.29) is 11.9 Å². The van der Waals surface area contributed by atoms with Gasteiger partial charge in [0.15, 0.2) is 0 Å². The summed E-state index contributed by atoms with van der Waals surface area (Å²) in [6, 6.07) is 24.3. The molecular weight excluding hydrogens is 346 g/mol. The van der Waals surface area contributed by atoms with E-state index in [1.165, 1.54) is 5.56 Å². The highest BCUT2D eigenvalue weighted by Crippen LogP contribution is 2.18. The van der Waals surface area contributed by atoms with Gasteiger partial charge in [-0.25, -0.2) is 0 Å². The van der Waals surface area contributed by atoms with Crippen LogP contribution in [0, 0.1) is 6.92 Å². The zero-order valence-corrected chi connectivity index (χ0v) is 16.7. The molecule has 4 nitrogen and oxygen atoms in total. The molecular formula is C24H27N3O. The first kappa shape index (κ1) is 19.8. The summed E-state index contributed by atoms with van der Waals surface area (Å²) in [5, 5.41) is 3.08. The lowest BCUT2D eigenvalue weighted by Crippen LogP contribution is -2.41. The number of rotatable bonds is 7. The third-order valence-corrected chi connectivity index (χ3v) is 4.94. The van der Waals surface area contributed by atoms with Gasteiger partial charge in [0.25, 0.3) is 5.91 Å². The van der Waals surface area contributed by atoms with Gasteiger partial charge in [-0.1, -0.05) is 60.7 Å². The van der Waals surface area contributed by atoms with E-state index in [0.29, 0.717) is 12.1 Å². The molecule has 3 rings (SSSR count). The van der Waals surface area contributed by atoms with Crippen molar-refractivity contribution in [2.75, 3.05) is 20.6 Å². The number of amides is 1. The lowest BCUT2D eigenvalue weighted by molar-refractivity contribution is 0.0940. The Morgan fingerprint density at radius 3 is 2.21 bits per heavy atom. The van der Waals surface area contributed by atoms with Crippen LogP contribution < -0.4 is 5.32 Å². The van der Waals surface area contributed by atoms with Crippen LogP contribution in [-0.2, 0) is 6.42 Å². The Hall–Kier alpha value is -2.98. The third-order valence-electron chi connectivity index (χ3n) is 4.94. The first-order valence-electron chi connectivity index (χ1n) is 9.56. The summed E-state index contributed by atoms with van der Waals surface area (Å²) in [6.45, 7) is 2.47. The number of hydrogen-bond acceptors (Lipinski definition) is 3. The van der Waals surface area contributed by atoms with Crippen molar-refractivity contribution in [2.24, 2.45) is 0 Å². The van der Waals surface area contributed by atoms with Crippen molar-refractivity contribution in [2.45, 2.75) is 19.4 Å². The second-order valence-electron chi connectivity index (χ2n) is 7.21. The molecule has 1 unspecified atom stereocenters. The summed E-state index contributed by atoms with van der Waals surface area (Å²) in [7, 11) is 4.09. The van der Waals surface area contributed by atoms with Crippen molar-refractivity contribution in [3.63, 3.8) is 0 Å². The first-order valence-corrected chi connectivity index (χ1v) is 9.56. The Morgan fingerprint density at radius 1 is 0.964 bits per heavy atom. The number of likely N-dealkylation sites (N-methyl/N-ethyl adjacent to an activating group) is 1. The summed E-state index contributed by atoms with van der Waals surface area (Å²) in [6.07, 6.45) is 0.887. The average Bonchev–Trinajstić information content (AvgIpc) is 2.72. The van der Waals surface area contributed by atoms with Gasteiger partial charge < -0.3 is 10.2 Å². The molecule has 1 heterocycles. The van der Waals surface area contributed by atoms with E-state index in [2.05, 4.69) is 27.3 Å². The quantitative estimate of drug-likeness (QED) is 0.682. The number of carbonyl (C=O) groups excluding carboxylic acids is 1. The minimum atomic E-state index is -0.0791. The van der Waals surface area contributed by atoms with Crippen LogP contribution in [-0.4, -0.2) is 42.5 Å². The Balaban J connectivity index is 1.66. The van der Waals surface area contributed by atoms with Gasteiger partial charge in [0, 0.05) is 18.2 Å². The molecule has 0 saturated carbocycles. The van der Waals surface area contributed by atoms with Crippen LogP contribution in [0.5, 0.6) is 0 Å². The van der Waals surface area contributed by atoms with Gasteiger partial charge in [-0.2, -0.15) is 0 Å². The van der Waals surface area contributed by atoms with E-state index < -0.39 is 0 Å². The first-order chi connectivity index (χ1) is 13.5. The summed E-state index contributed by atoms with van der Waals surface area (Å²) >= 11 is 0. The van der Waals surface area contributed by atoms with Crippen LogP contribution in [0.3, 0.4) is 0 Å². The second-order valence-corrected chi connectivity index (χ2v) is 7.21. The minimum Gasteiger partial charge on any atom is -0.350 e. The van der Waals surface area contributed by atoms with Crippen LogP contribution in [0.4, 0.5) is 0 Å². The maximum absolute atomic E-state index is 12.7. The normalized spacial score (nSPS) is 12.0. The molecule has 1 amide bonds. The van der Waals surface area contributed by atoms with Crippen LogP contribution in [0.25, 0.3) is 11.3 Å². The largest absolute Gasteiger partial charge is 0.350 e. The number of pyridine rings is 1. The van der Waals surface area contributed by atoms with Crippen molar-refractivity contribution in [1.29, 1.82) is 0 Å². The van der Waals surface area contributed by atoms with Gasteiger partial charge in [0.2, 0.25) is 0 Å². The Kier molecular flexibility index (Phi) is 6.56. The van der Waals surface area contributed by atoms with Gasteiger partial charge in [0.05, 0.1) is 17.0 Å². The van der Waals surface area contributed by atoms with Gasteiger partial charge in [-0.05, 0) is 45.1 Å². The summed E-state index contributed by atoms with van der Waals surface area (Å²) in [5.74, 6) is -0.0791. The zero-order valence-electron chi connectivity index (χ0n) is 16.7. The number of benzene rings is 2. The molecule has 0 saturated heterocycles. The van der Waals surface area contributed by atoms with E-state index in [0.717, 1.165) is 23.4 Å². The van der Waals surface area contributed by atoms with Crippen LogP contribution in [0.15, 0.2) is 72.8 Å². The number of carbonyl (C=O) groups is 1. The SMILES string of the molecule is Cc1nc(-c2ccccc2)ccc1C(=O)NCC(Cc1ccccc1)N(C)C. The predicted octanol–water partition coefficient (Wildman–Crippen LogP) is 3.96. The summed E-state index contributed by atoms with van der Waals surface area (Å²) in [5.41, 5.74) is 4.55. The Bertz CT molecular complexity index is 908. The molecule has 2 aromatic carbocycles. The molecule has 0 fully saturated rings. The highest BCUT2D eigenvalue weighted by Gasteiger charge is 2.16. The zero-order chi connectivity index (χ0) is 19.9. The van der Waals surface area contributed by atoms with Crippen molar-refractivity contribution >= 4 is 5.91 Å². The smallest absolute Gasteiger partial charge is 0.253 e.